The second kappa shape index (κ2) is 7.43. The Morgan fingerprint density at radius 3 is 2.81 bits per heavy atom. The molecule has 0 bridgehead atoms. The molecule has 0 aliphatic heterocycles. The highest BCUT2D eigenvalue weighted by Crippen LogP contribution is 2.23. The highest BCUT2D eigenvalue weighted by Gasteiger charge is 2.15. The molecule has 1 atom stereocenters. The summed E-state index contributed by atoms with van der Waals surface area (Å²) in [6, 6.07) is 0. The molecule has 1 aliphatic carbocycles. The van der Waals surface area contributed by atoms with Crippen molar-refractivity contribution in [1.82, 2.24) is 0 Å². The molecule has 0 spiro atoms. The fraction of sp³-hybridized carbons (Fsp3) is 0.667. The van der Waals surface area contributed by atoms with Gasteiger partial charge >= 0.3 is 0 Å². The molecule has 0 aromatic heterocycles. The Bertz CT molecular complexity index is 273. The Morgan fingerprint density at radius 2 is 2.25 bits per heavy atom. The largest absolute Gasteiger partial charge is 0.299 e. The third kappa shape index (κ3) is 4.78. The minimum atomic E-state index is 0.432. The minimum Gasteiger partial charge on any atom is -0.299 e. The van der Waals surface area contributed by atoms with Crippen molar-refractivity contribution in [2.45, 2.75) is 58.8 Å². The lowest BCUT2D eigenvalue weighted by Crippen LogP contribution is -2.10. The van der Waals surface area contributed by atoms with E-state index in [4.69, 9.17) is 0 Å². The molecule has 0 radical (unpaired) electrons. The van der Waals surface area contributed by atoms with Gasteiger partial charge in [0, 0.05) is 12.8 Å². The van der Waals surface area contributed by atoms with E-state index in [1.165, 1.54) is 12.0 Å². The van der Waals surface area contributed by atoms with Crippen LogP contribution in [0.5, 0.6) is 0 Å². The van der Waals surface area contributed by atoms with Crippen LogP contribution in [0.4, 0.5) is 0 Å². The molecule has 1 heteroatoms. The van der Waals surface area contributed by atoms with Gasteiger partial charge in [-0.05, 0) is 38.5 Å². The number of hydrogen-bond donors (Lipinski definition) is 0. The van der Waals surface area contributed by atoms with Gasteiger partial charge in [0.25, 0.3) is 0 Å². The molecule has 0 saturated carbocycles. The third-order valence-corrected chi connectivity index (χ3v) is 3.30. The molecule has 0 fully saturated rings. The Labute approximate surface area is 99.6 Å². The summed E-state index contributed by atoms with van der Waals surface area (Å²) in [5.74, 6) is 1.04. The molecular weight excluding hydrogens is 196 g/mol. The summed E-state index contributed by atoms with van der Waals surface area (Å²) in [7, 11) is 0. The van der Waals surface area contributed by atoms with Crippen molar-refractivity contribution in [2.24, 2.45) is 5.92 Å². The summed E-state index contributed by atoms with van der Waals surface area (Å²) in [6.45, 7) is 4.21. The molecule has 0 aromatic carbocycles. The molecule has 0 amide bonds. The predicted molar refractivity (Wildman–Crippen MR) is 69.4 cm³/mol. The zero-order valence-corrected chi connectivity index (χ0v) is 10.7. The smallest absolute Gasteiger partial charge is 0.137 e. The number of carbonyl (C=O) groups excluding carboxylic acids is 1. The summed E-state index contributed by atoms with van der Waals surface area (Å²) in [5, 5.41) is 0. The van der Waals surface area contributed by atoms with Gasteiger partial charge in [-0.3, -0.25) is 4.79 Å². The van der Waals surface area contributed by atoms with Gasteiger partial charge in [0.15, 0.2) is 0 Å². The average molecular weight is 220 g/mol. The number of rotatable bonds is 6. The van der Waals surface area contributed by atoms with Gasteiger partial charge in [-0.15, -0.1) is 0 Å². The van der Waals surface area contributed by atoms with E-state index in [2.05, 4.69) is 25.2 Å². The van der Waals surface area contributed by atoms with Gasteiger partial charge in [0.1, 0.15) is 5.78 Å². The van der Waals surface area contributed by atoms with Crippen LogP contribution in [-0.4, -0.2) is 5.78 Å². The molecule has 1 rings (SSSR count). The summed E-state index contributed by atoms with van der Waals surface area (Å²) >= 11 is 0. The normalized spacial score (nSPS) is 21.1. The molecule has 16 heavy (non-hydrogen) atoms. The SMILES string of the molecule is C/C=C(\CCC)CC(=O)CC1CC=CCC1. The van der Waals surface area contributed by atoms with Crippen molar-refractivity contribution in [3.8, 4) is 0 Å². The van der Waals surface area contributed by atoms with Gasteiger partial charge < -0.3 is 0 Å². The molecule has 0 N–H and O–H groups in total. The van der Waals surface area contributed by atoms with Crippen LogP contribution in [0, 0.1) is 5.92 Å². The van der Waals surface area contributed by atoms with Crippen molar-refractivity contribution in [3.63, 3.8) is 0 Å². The van der Waals surface area contributed by atoms with Gasteiger partial charge in [-0.1, -0.05) is 37.1 Å². The molecule has 0 aromatic rings. The van der Waals surface area contributed by atoms with Crippen LogP contribution in [0.25, 0.3) is 0 Å². The quantitative estimate of drug-likeness (QED) is 0.605. The first-order valence-corrected chi connectivity index (χ1v) is 6.57. The van der Waals surface area contributed by atoms with Crippen molar-refractivity contribution in [1.29, 1.82) is 0 Å². The zero-order valence-electron chi connectivity index (χ0n) is 10.7. The van der Waals surface area contributed by atoms with Crippen LogP contribution in [-0.2, 0) is 4.79 Å². The van der Waals surface area contributed by atoms with Gasteiger partial charge in [-0.2, -0.15) is 0 Å². The number of ketones is 1. The van der Waals surface area contributed by atoms with Gasteiger partial charge in [-0.25, -0.2) is 0 Å². The number of carbonyl (C=O) groups is 1. The first-order chi connectivity index (χ1) is 7.76. The second-order valence-corrected chi connectivity index (χ2v) is 4.77. The van der Waals surface area contributed by atoms with E-state index in [1.807, 2.05) is 6.92 Å². The molecule has 0 heterocycles. The van der Waals surface area contributed by atoms with E-state index >= 15 is 0 Å². The predicted octanol–water partition coefficient (Wildman–Crippen LogP) is 4.44. The van der Waals surface area contributed by atoms with Crippen LogP contribution in [0.2, 0.25) is 0 Å². The van der Waals surface area contributed by atoms with E-state index in [1.54, 1.807) is 0 Å². The van der Waals surface area contributed by atoms with Crippen molar-refractivity contribution in [2.75, 3.05) is 0 Å². The minimum absolute atomic E-state index is 0.432. The number of hydrogen-bond acceptors (Lipinski definition) is 1. The third-order valence-electron chi connectivity index (χ3n) is 3.30. The lowest BCUT2D eigenvalue weighted by molar-refractivity contribution is -0.119. The van der Waals surface area contributed by atoms with E-state index in [9.17, 15) is 4.79 Å². The van der Waals surface area contributed by atoms with Crippen LogP contribution < -0.4 is 0 Å². The first kappa shape index (κ1) is 13.2. The van der Waals surface area contributed by atoms with E-state index in [0.29, 0.717) is 18.1 Å². The van der Waals surface area contributed by atoms with Crippen LogP contribution in [0.1, 0.15) is 58.8 Å². The second-order valence-electron chi connectivity index (χ2n) is 4.77. The Kier molecular flexibility index (Phi) is 6.14. The Morgan fingerprint density at radius 1 is 1.44 bits per heavy atom. The lowest BCUT2D eigenvalue weighted by Gasteiger charge is -2.17. The van der Waals surface area contributed by atoms with Gasteiger partial charge in [0.05, 0.1) is 0 Å². The molecule has 90 valence electrons. The number of allylic oxidation sites excluding steroid dienone is 4. The molecule has 1 unspecified atom stereocenters. The maximum atomic E-state index is 11.9. The van der Waals surface area contributed by atoms with Crippen LogP contribution in [0.15, 0.2) is 23.8 Å². The molecule has 1 aliphatic rings. The summed E-state index contributed by atoms with van der Waals surface area (Å²) in [5.41, 5.74) is 1.32. The Balaban J connectivity index is 2.31. The standard InChI is InChI=1S/C15H24O/c1-3-8-13(4-2)11-15(16)12-14-9-6-5-7-10-14/h4-6,14H,3,7-12H2,1-2H3/b13-4+. The van der Waals surface area contributed by atoms with Crippen molar-refractivity contribution >= 4 is 5.78 Å². The topological polar surface area (TPSA) is 17.1 Å². The average Bonchev–Trinajstić information content (AvgIpc) is 2.29. The zero-order chi connectivity index (χ0) is 11.8. The molecule has 0 saturated heterocycles. The summed E-state index contributed by atoms with van der Waals surface area (Å²) < 4.78 is 0. The van der Waals surface area contributed by atoms with E-state index < -0.39 is 0 Å². The number of Topliss-reactive ketones (excluding diaryl/α,β-unsaturated/α-hetero) is 1. The maximum Gasteiger partial charge on any atom is 0.137 e. The van der Waals surface area contributed by atoms with Gasteiger partial charge in [0.2, 0.25) is 0 Å². The highest BCUT2D eigenvalue weighted by molar-refractivity contribution is 5.81. The summed E-state index contributed by atoms with van der Waals surface area (Å²) in [6.07, 6.45) is 13.7. The lowest BCUT2D eigenvalue weighted by atomic mass is 9.88. The van der Waals surface area contributed by atoms with Crippen molar-refractivity contribution in [3.05, 3.63) is 23.8 Å². The van der Waals surface area contributed by atoms with E-state index in [0.717, 1.165) is 32.1 Å². The van der Waals surface area contributed by atoms with Crippen LogP contribution in [0.3, 0.4) is 0 Å². The fourth-order valence-electron chi connectivity index (χ4n) is 2.35. The van der Waals surface area contributed by atoms with E-state index in [-0.39, 0.29) is 0 Å². The van der Waals surface area contributed by atoms with Crippen LogP contribution >= 0.6 is 0 Å². The highest BCUT2D eigenvalue weighted by atomic mass is 16.1. The Hall–Kier alpha value is -0.850. The molecular formula is C15H24O. The fourth-order valence-corrected chi connectivity index (χ4v) is 2.35. The monoisotopic (exact) mass is 220 g/mol. The first-order valence-electron chi connectivity index (χ1n) is 6.57. The molecule has 1 nitrogen and oxygen atoms in total. The summed E-state index contributed by atoms with van der Waals surface area (Å²) in [4.78, 5) is 11.9. The maximum absolute atomic E-state index is 11.9. The van der Waals surface area contributed by atoms with Crippen molar-refractivity contribution < 1.29 is 4.79 Å².